The van der Waals surface area contributed by atoms with Crippen LogP contribution in [0.5, 0.6) is 17.4 Å². The summed E-state index contributed by atoms with van der Waals surface area (Å²) in [4.78, 5) is 23.1. The number of rotatable bonds is 9. The number of aromatic nitrogens is 2. The molecule has 5 rings (SSSR count). The molecule has 0 saturated carbocycles. The van der Waals surface area contributed by atoms with Gasteiger partial charge in [-0.25, -0.2) is 4.98 Å². The number of phenols is 1. The van der Waals surface area contributed by atoms with Crippen molar-refractivity contribution >= 4 is 17.9 Å². The molecule has 3 aromatic carbocycles. The number of benzene rings is 3. The Morgan fingerprint density at radius 2 is 1.86 bits per heavy atom. The second-order valence-corrected chi connectivity index (χ2v) is 10.8. The number of nitriles is 1. The first-order valence-electron chi connectivity index (χ1n) is 14.2. The average Bonchev–Trinajstić information content (AvgIpc) is 2.99. The zero-order valence-electron chi connectivity index (χ0n) is 24.2. The third kappa shape index (κ3) is 7.36. The van der Waals surface area contributed by atoms with E-state index in [2.05, 4.69) is 15.2 Å². The number of primary amides is 1. The van der Waals surface area contributed by atoms with E-state index in [1.54, 1.807) is 42.6 Å². The number of aryl methyl sites for hydroxylation is 2. The summed E-state index contributed by atoms with van der Waals surface area (Å²) in [6.45, 7) is 6.54. The first kappa shape index (κ1) is 29.3. The molecule has 0 spiro atoms. The van der Waals surface area contributed by atoms with Crippen LogP contribution in [-0.4, -0.2) is 45.0 Å². The van der Waals surface area contributed by atoms with Crippen LogP contribution in [0.2, 0.25) is 0 Å². The Hall–Kier alpha value is -5.20. The smallest absolute Gasteiger partial charge is 0.248 e. The van der Waals surface area contributed by atoms with E-state index in [9.17, 15) is 9.90 Å². The first-order chi connectivity index (χ1) is 20.8. The lowest BCUT2D eigenvalue weighted by Crippen LogP contribution is -2.39. The molecule has 9 heteroatoms. The molecule has 0 aliphatic carbocycles. The highest BCUT2D eigenvalue weighted by Crippen LogP contribution is 2.36. The summed E-state index contributed by atoms with van der Waals surface area (Å²) in [7, 11) is 0. The molecule has 1 saturated heterocycles. The molecule has 218 valence electrons. The molecular weight excluding hydrogens is 540 g/mol. The number of allylic oxidation sites excluding steroid dienone is 1. The summed E-state index contributed by atoms with van der Waals surface area (Å²) in [5.41, 5.74) is 11.1. The SMILES string of the molecule is Cc1cc(/C=C/C#N)cc(C)c1Oc1nc(NC2CCN(Cc3ccc(C(N)=O)cc3)CC2)ncc1-c1cccc(O)c1. The molecule has 43 heavy (non-hydrogen) atoms. The van der Waals surface area contributed by atoms with Crippen LogP contribution in [0.15, 0.2) is 72.9 Å². The summed E-state index contributed by atoms with van der Waals surface area (Å²) in [6.07, 6.45) is 6.77. The summed E-state index contributed by atoms with van der Waals surface area (Å²) in [5, 5.41) is 22.5. The van der Waals surface area contributed by atoms with Crippen LogP contribution in [0.25, 0.3) is 17.2 Å². The largest absolute Gasteiger partial charge is 0.508 e. The van der Waals surface area contributed by atoms with Crippen LogP contribution >= 0.6 is 0 Å². The molecule has 1 aromatic heterocycles. The average molecular weight is 575 g/mol. The lowest BCUT2D eigenvalue weighted by molar-refractivity contribution is 0.1000. The number of likely N-dealkylation sites (tertiary alicyclic amines) is 1. The number of hydrogen-bond acceptors (Lipinski definition) is 8. The van der Waals surface area contributed by atoms with Crippen molar-refractivity contribution in [3.05, 3.63) is 101 Å². The summed E-state index contributed by atoms with van der Waals surface area (Å²) in [6, 6.07) is 20.5. The predicted octanol–water partition coefficient (Wildman–Crippen LogP) is 5.97. The number of aromatic hydroxyl groups is 1. The quantitative estimate of drug-likeness (QED) is 0.208. The number of ether oxygens (including phenoxy) is 1. The predicted molar refractivity (Wildman–Crippen MR) is 167 cm³/mol. The van der Waals surface area contributed by atoms with Gasteiger partial charge in [0, 0.05) is 43.5 Å². The molecule has 4 aromatic rings. The van der Waals surface area contributed by atoms with Gasteiger partial charge in [-0.3, -0.25) is 9.69 Å². The highest BCUT2D eigenvalue weighted by Gasteiger charge is 2.22. The molecule has 0 bridgehead atoms. The number of amides is 1. The molecule has 1 amide bonds. The normalized spacial score (nSPS) is 14.0. The van der Waals surface area contributed by atoms with Gasteiger partial charge in [-0.1, -0.05) is 24.3 Å². The fourth-order valence-corrected chi connectivity index (χ4v) is 5.31. The highest BCUT2D eigenvalue weighted by molar-refractivity contribution is 5.92. The van der Waals surface area contributed by atoms with Gasteiger partial charge < -0.3 is 20.9 Å². The monoisotopic (exact) mass is 574 g/mol. The fourth-order valence-electron chi connectivity index (χ4n) is 5.31. The van der Waals surface area contributed by atoms with Crippen molar-refractivity contribution in [2.24, 2.45) is 5.73 Å². The van der Waals surface area contributed by atoms with Crippen molar-refractivity contribution in [3.63, 3.8) is 0 Å². The van der Waals surface area contributed by atoms with Gasteiger partial charge in [0.1, 0.15) is 11.5 Å². The van der Waals surface area contributed by atoms with Gasteiger partial charge in [0.25, 0.3) is 0 Å². The fraction of sp³-hybridized carbons (Fsp3) is 0.235. The molecule has 4 N–H and O–H groups in total. The Bertz CT molecular complexity index is 1660. The number of nitrogens with zero attached hydrogens (tertiary/aromatic N) is 4. The van der Waals surface area contributed by atoms with Crippen LogP contribution in [0.3, 0.4) is 0 Å². The van der Waals surface area contributed by atoms with E-state index in [0.717, 1.165) is 60.3 Å². The third-order valence-corrected chi connectivity index (χ3v) is 7.51. The van der Waals surface area contributed by atoms with Crippen molar-refractivity contribution < 1.29 is 14.6 Å². The Balaban J connectivity index is 1.32. The number of piperidine rings is 1. The van der Waals surface area contributed by atoms with E-state index < -0.39 is 5.91 Å². The molecule has 1 aliphatic heterocycles. The molecule has 0 atom stereocenters. The van der Waals surface area contributed by atoms with E-state index >= 15 is 0 Å². The maximum absolute atomic E-state index is 11.3. The molecular formula is C34H34N6O3. The van der Waals surface area contributed by atoms with Crippen molar-refractivity contribution in [3.8, 4) is 34.6 Å². The molecule has 0 unspecified atom stereocenters. The topological polar surface area (TPSA) is 137 Å². The van der Waals surface area contributed by atoms with Crippen molar-refractivity contribution in [2.45, 2.75) is 39.3 Å². The van der Waals surface area contributed by atoms with E-state index in [0.29, 0.717) is 28.7 Å². The number of carbonyl (C=O) groups excluding carboxylic acids is 1. The zero-order chi connectivity index (χ0) is 30.3. The summed E-state index contributed by atoms with van der Waals surface area (Å²) >= 11 is 0. The van der Waals surface area contributed by atoms with Crippen molar-refractivity contribution in [1.82, 2.24) is 14.9 Å². The number of carbonyl (C=O) groups is 1. The minimum atomic E-state index is -0.420. The Labute approximate surface area is 251 Å². The maximum Gasteiger partial charge on any atom is 0.248 e. The summed E-state index contributed by atoms with van der Waals surface area (Å²) < 4.78 is 6.46. The molecule has 0 radical (unpaired) electrons. The standard InChI is InChI=1S/C34H34N6O3/c1-22-17-25(5-4-14-35)18-23(2)31(22)43-33-30(27-6-3-7-29(41)19-27)20-37-34(39-33)38-28-12-15-40(16-13-28)21-24-8-10-26(11-9-24)32(36)42/h3-11,17-20,28,41H,12-13,15-16,21H2,1-2H3,(H2,36,42)(H,37,38,39)/b5-4+. The van der Waals surface area contributed by atoms with Crippen molar-refractivity contribution in [1.29, 1.82) is 5.26 Å². The maximum atomic E-state index is 11.3. The van der Waals surface area contributed by atoms with E-state index in [4.69, 9.17) is 20.7 Å². The second kappa shape index (κ2) is 13.2. The Morgan fingerprint density at radius 3 is 2.51 bits per heavy atom. The molecule has 1 fully saturated rings. The van der Waals surface area contributed by atoms with Crippen LogP contribution in [0, 0.1) is 25.2 Å². The third-order valence-electron chi connectivity index (χ3n) is 7.51. The molecule has 1 aliphatic rings. The van der Waals surface area contributed by atoms with Gasteiger partial charge in [0.2, 0.25) is 17.7 Å². The van der Waals surface area contributed by atoms with Crippen LogP contribution in [0.1, 0.15) is 45.5 Å². The Kier molecular flexibility index (Phi) is 8.99. The second-order valence-electron chi connectivity index (χ2n) is 10.8. The van der Waals surface area contributed by atoms with Crippen LogP contribution < -0.4 is 15.8 Å². The van der Waals surface area contributed by atoms with E-state index in [1.165, 1.54) is 6.08 Å². The van der Waals surface area contributed by atoms with Gasteiger partial charge in [-0.15, -0.1) is 0 Å². The number of anilines is 1. The lowest BCUT2D eigenvalue weighted by Gasteiger charge is -2.32. The number of nitrogens with two attached hydrogens (primary N) is 1. The van der Waals surface area contributed by atoms with Gasteiger partial charge in [0.15, 0.2) is 0 Å². The molecule has 9 nitrogen and oxygen atoms in total. The number of phenolic OH excluding ortho intramolecular Hbond substituents is 1. The van der Waals surface area contributed by atoms with Crippen molar-refractivity contribution in [2.75, 3.05) is 18.4 Å². The summed E-state index contributed by atoms with van der Waals surface area (Å²) in [5.74, 6) is 1.26. The van der Waals surface area contributed by atoms with Crippen LogP contribution in [0.4, 0.5) is 5.95 Å². The Morgan fingerprint density at radius 1 is 1.14 bits per heavy atom. The highest BCUT2D eigenvalue weighted by atomic mass is 16.5. The van der Waals surface area contributed by atoms with Crippen LogP contribution in [-0.2, 0) is 6.54 Å². The molecule has 2 heterocycles. The van der Waals surface area contributed by atoms with Gasteiger partial charge in [0.05, 0.1) is 11.6 Å². The number of hydrogen-bond donors (Lipinski definition) is 3. The first-order valence-corrected chi connectivity index (χ1v) is 14.2. The minimum Gasteiger partial charge on any atom is -0.508 e. The van der Waals surface area contributed by atoms with Gasteiger partial charge >= 0.3 is 0 Å². The minimum absolute atomic E-state index is 0.141. The lowest BCUT2D eigenvalue weighted by atomic mass is 10.0. The van der Waals surface area contributed by atoms with Gasteiger partial charge in [-0.2, -0.15) is 10.2 Å². The van der Waals surface area contributed by atoms with E-state index in [1.807, 2.05) is 50.2 Å². The van der Waals surface area contributed by atoms with Gasteiger partial charge in [-0.05, 0) is 97.0 Å². The van der Waals surface area contributed by atoms with E-state index in [-0.39, 0.29) is 11.8 Å². The zero-order valence-corrected chi connectivity index (χ0v) is 24.2. The number of nitrogens with one attached hydrogen (secondary N) is 1.